The molecule has 0 spiro atoms. The molecule has 1 heterocycles. The normalized spacial score (nSPS) is 10.5. The number of halogens is 1. The van der Waals surface area contributed by atoms with Crippen molar-refractivity contribution in [3.63, 3.8) is 0 Å². The van der Waals surface area contributed by atoms with Crippen molar-refractivity contribution in [2.45, 2.75) is 13.5 Å². The molecule has 0 fully saturated rings. The Kier molecular flexibility index (Phi) is 3.28. The van der Waals surface area contributed by atoms with E-state index in [1.807, 2.05) is 18.2 Å². The number of nitrogens with zero attached hydrogens (tertiary/aromatic N) is 1. The minimum atomic E-state index is -0.314. The molecule has 0 atom stereocenters. The Hall–Kier alpha value is -1.62. The Morgan fingerprint density at radius 2 is 2.24 bits per heavy atom. The lowest BCUT2D eigenvalue weighted by Crippen LogP contribution is -2.01. The number of hydrogen-bond acceptors (Lipinski definition) is 4. The quantitative estimate of drug-likeness (QED) is 0.865. The number of pyridine rings is 1. The number of aromatic nitrogens is 1. The Morgan fingerprint density at radius 1 is 1.47 bits per heavy atom. The molecule has 0 unspecified atom stereocenters. The molecule has 88 valence electrons. The first-order chi connectivity index (χ1) is 8.06. The number of carbonyl (C=O) groups excluding carboxylic acids is 1. The molecule has 17 heavy (non-hydrogen) atoms. The van der Waals surface area contributed by atoms with Crippen LogP contribution in [0.25, 0.3) is 10.9 Å². The van der Waals surface area contributed by atoms with Crippen LogP contribution in [0.2, 0.25) is 0 Å². The van der Waals surface area contributed by atoms with Crippen molar-refractivity contribution >= 4 is 38.6 Å². The van der Waals surface area contributed by atoms with E-state index in [-0.39, 0.29) is 12.6 Å². The van der Waals surface area contributed by atoms with Crippen LogP contribution in [0.1, 0.15) is 12.5 Å². The summed E-state index contributed by atoms with van der Waals surface area (Å²) in [4.78, 5) is 15.0. The third-order valence-electron chi connectivity index (χ3n) is 2.31. The number of carbonyl (C=O) groups is 1. The van der Waals surface area contributed by atoms with Gasteiger partial charge in [0.25, 0.3) is 0 Å². The first-order valence-electron chi connectivity index (χ1n) is 5.04. The Bertz CT molecular complexity index is 579. The molecule has 1 aromatic carbocycles. The zero-order chi connectivity index (χ0) is 12.4. The van der Waals surface area contributed by atoms with Crippen molar-refractivity contribution < 1.29 is 9.53 Å². The van der Waals surface area contributed by atoms with Gasteiger partial charge in [0, 0.05) is 22.3 Å². The summed E-state index contributed by atoms with van der Waals surface area (Å²) in [6, 6.07) is 7.43. The molecule has 0 saturated heterocycles. The van der Waals surface area contributed by atoms with Gasteiger partial charge in [0.15, 0.2) is 0 Å². The molecule has 2 N–H and O–H groups in total. The summed E-state index contributed by atoms with van der Waals surface area (Å²) in [5, 5.41) is 0.934. The maximum absolute atomic E-state index is 10.8. The van der Waals surface area contributed by atoms with Crippen molar-refractivity contribution in [2.24, 2.45) is 0 Å². The second-order valence-corrected chi connectivity index (χ2v) is 4.56. The van der Waals surface area contributed by atoms with Gasteiger partial charge < -0.3 is 10.5 Å². The molecule has 0 saturated carbocycles. The van der Waals surface area contributed by atoms with Crippen molar-refractivity contribution in [3.8, 4) is 0 Å². The number of nitrogens with two attached hydrogens (primary N) is 1. The highest BCUT2D eigenvalue weighted by Crippen LogP contribution is 2.23. The van der Waals surface area contributed by atoms with Crippen LogP contribution >= 0.6 is 15.9 Å². The lowest BCUT2D eigenvalue weighted by atomic mass is 10.1. The van der Waals surface area contributed by atoms with Gasteiger partial charge in [0.2, 0.25) is 0 Å². The predicted molar refractivity (Wildman–Crippen MR) is 69.3 cm³/mol. The lowest BCUT2D eigenvalue weighted by molar-refractivity contribution is -0.142. The number of anilines is 1. The first kappa shape index (κ1) is 11.9. The summed E-state index contributed by atoms with van der Waals surface area (Å²) >= 11 is 3.38. The molecule has 0 aliphatic rings. The van der Waals surface area contributed by atoms with E-state index < -0.39 is 0 Å². The number of benzene rings is 1. The highest BCUT2D eigenvalue weighted by Gasteiger charge is 2.06. The van der Waals surface area contributed by atoms with E-state index in [1.165, 1.54) is 6.92 Å². The van der Waals surface area contributed by atoms with E-state index >= 15 is 0 Å². The molecular formula is C12H11BrN2O2. The third kappa shape index (κ3) is 2.74. The average Bonchev–Trinajstić information content (AvgIpc) is 2.24. The van der Waals surface area contributed by atoms with E-state index in [2.05, 4.69) is 20.9 Å². The molecule has 0 amide bonds. The van der Waals surface area contributed by atoms with Gasteiger partial charge in [-0.25, -0.2) is 4.98 Å². The van der Waals surface area contributed by atoms with Gasteiger partial charge in [-0.1, -0.05) is 22.0 Å². The van der Waals surface area contributed by atoms with Gasteiger partial charge in [0.1, 0.15) is 12.4 Å². The fourth-order valence-corrected chi connectivity index (χ4v) is 1.94. The summed E-state index contributed by atoms with van der Waals surface area (Å²) < 4.78 is 5.92. The topological polar surface area (TPSA) is 65.2 Å². The zero-order valence-corrected chi connectivity index (χ0v) is 10.8. The summed E-state index contributed by atoms with van der Waals surface area (Å²) in [5.41, 5.74) is 7.35. The van der Waals surface area contributed by atoms with Crippen LogP contribution in [-0.4, -0.2) is 11.0 Å². The fourth-order valence-electron chi connectivity index (χ4n) is 1.60. The van der Waals surface area contributed by atoms with Crippen molar-refractivity contribution in [1.82, 2.24) is 4.98 Å². The van der Waals surface area contributed by atoms with Crippen LogP contribution in [-0.2, 0) is 16.1 Å². The summed E-state index contributed by atoms with van der Waals surface area (Å²) in [6.45, 7) is 1.59. The minimum Gasteiger partial charge on any atom is -0.461 e. The third-order valence-corrected chi connectivity index (χ3v) is 2.80. The number of fused-ring (bicyclic) bond motifs is 1. The Balaban J connectivity index is 2.50. The van der Waals surface area contributed by atoms with Crippen molar-refractivity contribution in [1.29, 1.82) is 0 Å². The summed E-state index contributed by atoms with van der Waals surface area (Å²) in [5.74, 6) is 0.100. The smallest absolute Gasteiger partial charge is 0.302 e. The molecule has 2 rings (SSSR count). The lowest BCUT2D eigenvalue weighted by Gasteiger charge is -2.08. The van der Waals surface area contributed by atoms with E-state index in [9.17, 15) is 4.79 Å². The van der Waals surface area contributed by atoms with Gasteiger partial charge in [-0.05, 0) is 18.2 Å². The molecule has 0 aliphatic carbocycles. The highest BCUT2D eigenvalue weighted by molar-refractivity contribution is 9.10. The van der Waals surface area contributed by atoms with Crippen LogP contribution in [0.3, 0.4) is 0 Å². The second-order valence-electron chi connectivity index (χ2n) is 3.65. The number of hydrogen-bond donors (Lipinski definition) is 1. The molecular weight excluding hydrogens is 284 g/mol. The van der Waals surface area contributed by atoms with Gasteiger partial charge in [0.05, 0.1) is 5.52 Å². The van der Waals surface area contributed by atoms with Crippen LogP contribution in [0.5, 0.6) is 0 Å². The average molecular weight is 295 g/mol. The molecule has 5 heteroatoms. The predicted octanol–water partition coefficient (Wildman–Crippen LogP) is 2.64. The largest absolute Gasteiger partial charge is 0.461 e. The molecule has 0 bridgehead atoms. The summed E-state index contributed by atoms with van der Waals surface area (Å²) in [7, 11) is 0. The van der Waals surface area contributed by atoms with Crippen molar-refractivity contribution in [2.75, 3.05) is 5.73 Å². The van der Waals surface area contributed by atoms with E-state index in [1.54, 1.807) is 6.07 Å². The highest BCUT2D eigenvalue weighted by atomic mass is 79.9. The van der Waals surface area contributed by atoms with Crippen LogP contribution < -0.4 is 5.73 Å². The second kappa shape index (κ2) is 4.71. The van der Waals surface area contributed by atoms with Gasteiger partial charge >= 0.3 is 5.97 Å². The molecule has 4 nitrogen and oxygen atoms in total. The number of esters is 1. The van der Waals surface area contributed by atoms with E-state index in [0.717, 1.165) is 20.9 Å². The van der Waals surface area contributed by atoms with E-state index in [4.69, 9.17) is 10.5 Å². The number of nitrogen functional groups attached to an aromatic ring is 1. The number of ether oxygens (including phenoxy) is 1. The van der Waals surface area contributed by atoms with Crippen LogP contribution in [0.4, 0.5) is 5.82 Å². The zero-order valence-electron chi connectivity index (χ0n) is 9.24. The molecule has 0 radical (unpaired) electrons. The molecule has 1 aromatic heterocycles. The standard InChI is InChI=1S/C12H11BrN2O2/c1-7(16)17-6-8-4-12(14)15-11-5-9(13)2-3-10(8)11/h2-5H,6H2,1H3,(H2,14,15). The molecule has 2 aromatic rings. The van der Waals surface area contributed by atoms with Crippen molar-refractivity contribution in [3.05, 3.63) is 34.3 Å². The van der Waals surface area contributed by atoms with Gasteiger partial charge in [-0.3, -0.25) is 4.79 Å². The Morgan fingerprint density at radius 3 is 2.94 bits per heavy atom. The van der Waals surface area contributed by atoms with Crippen LogP contribution in [0, 0.1) is 0 Å². The van der Waals surface area contributed by atoms with Gasteiger partial charge in [-0.2, -0.15) is 0 Å². The summed E-state index contributed by atoms with van der Waals surface area (Å²) in [6.07, 6.45) is 0. The van der Waals surface area contributed by atoms with E-state index in [0.29, 0.717) is 5.82 Å². The Labute approximate surface area is 107 Å². The SMILES string of the molecule is CC(=O)OCc1cc(N)nc2cc(Br)ccc12. The fraction of sp³-hybridized carbons (Fsp3) is 0.167. The first-order valence-corrected chi connectivity index (χ1v) is 5.83. The maximum atomic E-state index is 10.8. The van der Waals surface area contributed by atoms with Crippen LogP contribution in [0.15, 0.2) is 28.7 Å². The monoisotopic (exact) mass is 294 g/mol. The number of rotatable bonds is 2. The minimum absolute atomic E-state index is 0.209. The maximum Gasteiger partial charge on any atom is 0.302 e. The van der Waals surface area contributed by atoms with Gasteiger partial charge in [-0.15, -0.1) is 0 Å². The molecule has 0 aliphatic heterocycles.